The van der Waals surface area contributed by atoms with Crippen molar-refractivity contribution in [2.75, 3.05) is 0 Å². The van der Waals surface area contributed by atoms with Gasteiger partial charge in [-0.15, -0.1) is 0 Å². The van der Waals surface area contributed by atoms with E-state index in [1.165, 1.54) is 12.7 Å². The Kier molecular flexibility index (Phi) is 2.52. The summed E-state index contributed by atoms with van der Waals surface area (Å²) in [6.07, 6.45) is 4.63. The van der Waals surface area contributed by atoms with Crippen molar-refractivity contribution in [3.8, 4) is 0 Å². The predicted molar refractivity (Wildman–Crippen MR) is 62.5 cm³/mol. The van der Waals surface area contributed by atoms with E-state index in [9.17, 15) is 4.79 Å². The Balaban J connectivity index is 2.40. The number of carbonyl (C=O) groups is 1. The first-order chi connectivity index (χ1) is 6.99. The average Bonchev–Trinajstić information content (AvgIpc) is 2.16. The van der Waals surface area contributed by atoms with Gasteiger partial charge < -0.3 is 4.79 Å². The molecule has 0 aliphatic heterocycles. The Hall–Kier alpha value is -0.590. The predicted octanol–water partition coefficient (Wildman–Crippen LogP) is 3.59. The number of allylic oxidation sites excluding steroid dienone is 2. The van der Waals surface area contributed by atoms with Gasteiger partial charge in [-0.2, -0.15) is 0 Å². The van der Waals surface area contributed by atoms with Gasteiger partial charge >= 0.3 is 0 Å². The molecular formula is C14H22O. The number of rotatable bonds is 2. The lowest BCUT2D eigenvalue weighted by Gasteiger charge is -2.53. The standard InChI is InChI=1S/C14H22O/c1-9(2)13-6-11-5-12(8-15)14(13,4)7-10(11)3/h8-9,12-13H,5-7H2,1-4H3. The number of fused-ring (bicyclic) bond motifs is 3. The molecule has 0 saturated heterocycles. The molecule has 3 unspecified atom stereocenters. The minimum absolute atomic E-state index is 0.238. The Morgan fingerprint density at radius 1 is 1.40 bits per heavy atom. The molecule has 0 aromatic rings. The fraction of sp³-hybridized carbons (Fsp3) is 0.786. The van der Waals surface area contributed by atoms with E-state index in [1.807, 2.05) is 0 Å². The van der Waals surface area contributed by atoms with E-state index in [-0.39, 0.29) is 11.3 Å². The third-order valence-corrected chi connectivity index (χ3v) is 4.85. The first kappa shape index (κ1) is 10.9. The van der Waals surface area contributed by atoms with Gasteiger partial charge in [-0.05, 0) is 43.4 Å². The first-order valence-corrected chi connectivity index (χ1v) is 6.12. The minimum Gasteiger partial charge on any atom is -0.303 e. The molecule has 1 nitrogen and oxygen atoms in total. The van der Waals surface area contributed by atoms with Gasteiger partial charge in [0, 0.05) is 5.92 Å². The molecule has 3 aliphatic carbocycles. The van der Waals surface area contributed by atoms with Crippen molar-refractivity contribution < 1.29 is 4.79 Å². The molecule has 0 N–H and O–H groups in total. The normalized spacial score (nSPS) is 40.1. The van der Waals surface area contributed by atoms with Crippen LogP contribution in [0.25, 0.3) is 0 Å². The van der Waals surface area contributed by atoms with Crippen molar-refractivity contribution in [3.63, 3.8) is 0 Å². The van der Waals surface area contributed by atoms with Gasteiger partial charge in [0.1, 0.15) is 6.29 Å². The lowest BCUT2D eigenvalue weighted by Crippen LogP contribution is -2.46. The van der Waals surface area contributed by atoms with Crippen LogP contribution >= 0.6 is 0 Å². The largest absolute Gasteiger partial charge is 0.303 e. The second-order valence-electron chi connectivity index (χ2n) is 6.07. The SMILES string of the molecule is CC1=C2CC(C=O)C(C)(C1)C(C(C)C)C2. The highest BCUT2D eigenvalue weighted by Crippen LogP contribution is 2.57. The maximum atomic E-state index is 11.2. The van der Waals surface area contributed by atoms with Crippen LogP contribution < -0.4 is 0 Å². The van der Waals surface area contributed by atoms with E-state index >= 15 is 0 Å². The molecule has 0 aromatic carbocycles. The summed E-state index contributed by atoms with van der Waals surface area (Å²) in [4.78, 5) is 11.2. The van der Waals surface area contributed by atoms with Crippen LogP contribution in [0.2, 0.25) is 0 Å². The van der Waals surface area contributed by atoms with Crippen LogP contribution in [0.5, 0.6) is 0 Å². The lowest BCUT2D eigenvalue weighted by molar-refractivity contribution is -0.118. The van der Waals surface area contributed by atoms with E-state index in [0.717, 1.165) is 12.8 Å². The van der Waals surface area contributed by atoms with Gasteiger partial charge in [0.15, 0.2) is 0 Å². The summed E-state index contributed by atoms with van der Waals surface area (Å²) in [5.74, 6) is 1.68. The average molecular weight is 206 g/mol. The molecule has 1 fully saturated rings. The van der Waals surface area contributed by atoms with Crippen LogP contribution in [0.15, 0.2) is 11.1 Å². The fourth-order valence-electron chi connectivity index (χ4n) is 3.86. The monoisotopic (exact) mass is 206 g/mol. The van der Waals surface area contributed by atoms with Gasteiger partial charge in [-0.25, -0.2) is 0 Å². The fourth-order valence-corrected chi connectivity index (χ4v) is 3.86. The quantitative estimate of drug-likeness (QED) is 0.498. The first-order valence-electron chi connectivity index (χ1n) is 6.12. The zero-order valence-corrected chi connectivity index (χ0v) is 10.3. The highest BCUT2D eigenvalue weighted by atomic mass is 16.1. The van der Waals surface area contributed by atoms with Gasteiger partial charge in [0.2, 0.25) is 0 Å². The van der Waals surface area contributed by atoms with E-state index in [1.54, 1.807) is 11.1 Å². The van der Waals surface area contributed by atoms with Gasteiger partial charge in [0.05, 0.1) is 0 Å². The Bertz CT molecular complexity index is 313. The topological polar surface area (TPSA) is 17.1 Å². The van der Waals surface area contributed by atoms with Crippen LogP contribution in [0.3, 0.4) is 0 Å². The zero-order valence-electron chi connectivity index (χ0n) is 10.3. The molecule has 1 heteroatoms. The second-order valence-corrected chi connectivity index (χ2v) is 6.07. The molecule has 84 valence electrons. The number of hydrogen-bond donors (Lipinski definition) is 0. The Morgan fingerprint density at radius 2 is 2.07 bits per heavy atom. The summed E-state index contributed by atoms with van der Waals surface area (Å²) < 4.78 is 0. The van der Waals surface area contributed by atoms with E-state index in [2.05, 4.69) is 27.7 Å². The van der Waals surface area contributed by atoms with Crippen molar-refractivity contribution >= 4 is 6.29 Å². The number of carbonyl (C=O) groups excluding carboxylic acids is 1. The minimum atomic E-state index is 0.238. The summed E-state index contributed by atoms with van der Waals surface area (Å²) in [5.41, 5.74) is 3.38. The highest BCUT2D eigenvalue weighted by molar-refractivity contribution is 5.58. The molecule has 0 spiro atoms. The summed E-state index contributed by atoms with van der Waals surface area (Å²) >= 11 is 0. The number of hydrogen-bond acceptors (Lipinski definition) is 1. The van der Waals surface area contributed by atoms with Crippen molar-refractivity contribution in [1.82, 2.24) is 0 Å². The summed E-state index contributed by atoms with van der Waals surface area (Å²) in [7, 11) is 0. The molecule has 0 aromatic heterocycles. The smallest absolute Gasteiger partial charge is 0.123 e. The van der Waals surface area contributed by atoms with Crippen LogP contribution in [-0.2, 0) is 4.79 Å². The molecular weight excluding hydrogens is 184 g/mol. The third-order valence-electron chi connectivity index (χ3n) is 4.85. The number of aldehydes is 1. The van der Waals surface area contributed by atoms with Gasteiger partial charge in [-0.3, -0.25) is 0 Å². The van der Waals surface area contributed by atoms with Crippen LogP contribution in [0.4, 0.5) is 0 Å². The molecule has 15 heavy (non-hydrogen) atoms. The molecule has 3 rings (SSSR count). The van der Waals surface area contributed by atoms with Crippen molar-refractivity contribution in [2.24, 2.45) is 23.2 Å². The van der Waals surface area contributed by atoms with E-state index in [4.69, 9.17) is 0 Å². The van der Waals surface area contributed by atoms with Crippen LogP contribution in [-0.4, -0.2) is 6.29 Å². The maximum absolute atomic E-state index is 11.2. The third kappa shape index (κ3) is 1.47. The van der Waals surface area contributed by atoms with Crippen LogP contribution in [0, 0.1) is 23.2 Å². The van der Waals surface area contributed by atoms with Crippen molar-refractivity contribution in [1.29, 1.82) is 0 Å². The molecule has 1 saturated carbocycles. The second kappa shape index (κ2) is 3.47. The molecule has 2 bridgehead atoms. The summed E-state index contributed by atoms with van der Waals surface area (Å²) in [5, 5.41) is 0. The maximum Gasteiger partial charge on any atom is 0.123 e. The lowest BCUT2D eigenvalue weighted by atomic mass is 9.51. The van der Waals surface area contributed by atoms with E-state index < -0.39 is 0 Å². The van der Waals surface area contributed by atoms with Gasteiger partial charge in [0.25, 0.3) is 0 Å². The Labute approximate surface area is 92.9 Å². The molecule has 0 heterocycles. The summed E-state index contributed by atoms with van der Waals surface area (Å²) in [6, 6.07) is 0. The van der Waals surface area contributed by atoms with Crippen LogP contribution in [0.1, 0.15) is 47.0 Å². The highest BCUT2D eigenvalue weighted by Gasteiger charge is 2.49. The van der Waals surface area contributed by atoms with E-state index in [0.29, 0.717) is 11.8 Å². The molecule has 0 radical (unpaired) electrons. The summed E-state index contributed by atoms with van der Waals surface area (Å²) in [6.45, 7) is 9.18. The zero-order chi connectivity index (χ0) is 11.2. The van der Waals surface area contributed by atoms with Crippen molar-refractivity contribution in [2.45, 2.75) is 47.0 Å². The molecule has 3 aliphatic rings. The Morgan fingerprint density at radius 3 is 2.60 bits per heavy atom. The molecule has 3 atom stereocenters. The molecule has 0 amide bonds. The van der Waals surface area contributed by atoms with Gasteiger partial charge in [-0.1, -0.05) is 31.9 Å². The van der Waals surface area contributed by atoms with Crippen molar-refractivity contribution in [3.05, 3.63) is 11.1 Å².